The van der Waals surface area contributed by atoms with E-state index in [9.17, 15) is 4.79 Å². The van der Waals surface area contributed by atoms with Gasteiger partial charge in [0.15, 0.2) is 5.82 Å². The highest BCUT2D eigenvalue weighted by atomic mass is 16.2. The molecule has 3 aromatic rings. The van der Waals surface area contributed by atoms with E-state index in [1.165, 1.54) is 0 Å². The largest absolute Gasteiger partial charge is 0.339 e. The summed E-state index contributed by atoms with van der Waals surface area (Å²) >= 11 is 0. The molecule has 6 nitrogen and oxygen atoms in total. The van der Waals surface area contributed by atoms with E-state index in [1.807, 2.05) is 45.8 Å². The van der Waals surface area contributed by atoms with E-state index >= 15 is 0 Å². The molecule has 6 heteroatoms. The number of hydrogen-bond donors (Lipinski definition) is 0. The molecule has 24 heavy (non-hydrogen) atoms. The molecule has 0 aliphatic carbocycles. The van der Waals surface area contributed by atoms with E-state index in [-0.39, 0.29) is 5.91 Å². The lowest BCUT2D eigenvalue weighted by molar-refractivity contribution is 0.0697. The van der Waals surface area contributed by atoms with Crippen molar-refractivity contribution >= 4 is 11.7 Å². The second kappa shape index (κ2) is 6.03. The average molecular weight is 321 g/mol. The van der Waals surface area contributed by atoms with E-state index < -0.39 is 0 Å². The predicted molar refractivity (Wildman–Crippen MR) is 90.5 cm³/mol. The van der Waals surface area contributed by atoms with Gasteiger partial charge in [0.05, 0.1) is 0 Å². The molecule has 0 radical (unpaired) electrons. The highest BCUT2D eigenvalue weighted by molar-refractivity contribution is 5.94. The van der Waals surface area contributed by atoms with Crippen LogP contribution >= 0.6 is 0 Å². The number of nitrogens with zero attached hydrogens (tertiary/aromatic N) is 5. The first-order valence-electron chi connectivity index (χ1n) is 8.28. The lowest BCUT2D eigenvalue weighted by Crippen LogP contribution is -2.37. The van der Waals surface area contributed by atoms with Gasteiger partial charge in [-0.15, -0.1) is 10.2 Å². The van der Waals surface area contributed by atoms with Crippen LogP contribution in [0.15, 0.2) is 42.7 Å². The van der Waals surface area contributed by atoms with Crippen LogP contribution in [-0.4, -0.2) is 43.5 Å². The fraction of sp³-hybridized carbons (Fsp3) is 0.333. The molecular weight excluding hydrogens is 302 g/mol. The number of aromatic nitrogens is 4. The van der Waals surface area contributed by atoms with Gasteiger partial charge in [0.1, 0.15) is 0 Å². The van der Waals surface area contributed by atoms with Crippen LogP contribution in [0.25, 0.3) is 17.2 Å². The number of carbonyl (C=O) groups is 1. The van der Waals surface area contributed by atoms with E-state index in [4.69, 9.17) is 0 Å². The quantitative estimate of drug-likeness (QED) is 0.728. The van der Waals surface area contributed by atoms with Crippen LogP contribution in [-0.2, 0) is 0 Å². The number of carbonyl (C=O) groups excluding carboxylic acids is 1. The first-order valence-corrected chi connectivity index (χ1v) is 8.28. The van der Waals surface area contributed by atoms with Gasteiger partial charge >= 0.3 is 0 Å². The van der Waals surface area contributed by atoms with Crippen LogP contribution in [0.1, 0.15) is 30.1 Å². The summed E-state index contributed by atoms with van der Waals surface area (Å²) in [6.45, 7) is 3.94. The second-order valence-electron chi connectivity index (χ2n) is 6.37. The molecule has 4 rings (SSSR count). The van der Waals surface area contributed by atoms with Crippen LogP contribution in [0.2, 0.25) is 0 Å². The zero-order valence-corrected chi connectivity index (χ0v) is 13.6. The van der Waals surface area contributed by atoms with Crippen molar-refractivity contribution < 1.29 is 4.79 Å². The van der Waals surface area contributed by atoms with Gasteiger partial charge in [-0.05, 0) is 37.0 Å². The van der Waals surface area contributed by atoms with Gasteiger partial charge in [-0.3, -0.25) is 9.20 Å². The number of likely N-dealkylation sites (tertiary alicyclic amines) is 1. The lowest BCUT2D eigenvalue weighted by Gasteiger charge is -2.30. The molecule has 0 spiro atoms. The van der Waals surface area contributed by atoms with E-state index in [1.54, 1.807) is 6.20 Å². The van der Waals surface area contributed by atoms with Gasteiger partial charge < -0.3 is 4.90 Å². The maximum atomic E-state index is 12.6. The Labute approximate surface area is 140 Å². The lowest BCUT2D eigenvalue weighted by atomic mass is 9.98. The Morgan fingerprint density at radius 3 is 2.62 bits per heavy atom. The van der Waals surface area contributed by atoms with Gasteiger partial charge in [0.25, 0.3) is 11.7 Å². The molecule has 1 aliphatic rings. The summed E-state index contributed by atoms with van der Waals surface area (Å²) in [5.41, 5.74) is 1.64. The van der Waals surface area contributed by atoms with Crippen LogP contribution in [0.4, 0.5) is 0 Å². The Bertz CT molecular complexity index is 863. The van der Waals surface area contributed by atoms with Gasteiger partial charge in [-0.1, -0.05) is 19.1 Å². The molecule has 122 valence electrons. The minimum atomic E-state index is 0.112. The maximum Gasteiger partial charge on any atom is 0.255 e. The van der Waals surface area contributed by atoms with Crippen LogP contribution in [0.5, 0.6) is 0 Å². The number of fused-ring (bicyclic) bond motifs is 1. The molecule has 1 fully saturated rings. The number of amides is 1. The monoisotopic (exact) mass is 321 g/mol. The summed E-state index contributed by atoms with van der Waals surface area (Å²) in [4.78, 5) is 18.7. The Hall–Kier alpha value is -2.76. The average Bonchev–Trinajstić information content (AvgIpc) is 3.06. The third-order valence-electron chi connectivity index (χ3n) is 4.65. The molecule has 1 saturated heterocycles. The molecule has 0 saturated carbocycles. The number of hydrogen-bond acceptors (Lipinski definition) is 4. The molecule has 1 aromatic carbocycles. The summed E-state index contributed by atoms with van der Waals surface area (Å²) < 4.78 is 1.84. The van der Waals surface area contributed by atoms with Crippen molar-refractivity contribution in [2.45, 2.75) is 19.8 Å². The van der Waals surface area contributed by atoms with Gasteiger partial charge in [-0.25, -0.2) is 4.98 Å². The molecule has 0 unspecified atom stereocenters. The fourth-order valence-electron chi connectivity index (χ4n) is 3.10. The summed E-state index contributed by atoms with van der Waals surface area (Å²) in [5.74, 6) is 2.12. The topological polar surface area (TPSA) is 63.4 Å². The van der Waals surface area contributed by atoms with Crippen molar-refractivity contribution in [3.05, 3.63) is 48.3 Å². The van der Waals surface area contributed by atoms with Crippen LogP contribution in [0.3, 0.4) is 0 Å². The van der Waals surface area contributed by atoms with Crippen molar-refractivity contribution in [1.29, 1.82) is 0 Å². The fourth-order valence-corrected chi connectivity index (χ4v) is 3.10. The molecule has 1 aliphatic heterocycles. The first-order chi connectivity index (χ1) is 11.7. The Kier molecular flexibility index (Phi) is 3.72. The SMILES string of the molecule is CC1CCN(C(=O)c2ccc(-c3nnc4ncccn34)cc2)CC1. The summed E-state index contributed by atoms with van der Waals surface area (Å²) in [5, 5.41) is 8.25. The smallest absolute Gasteiger partial charge is 0.255 e. The third kappa shape index (κ3) is 2.64. The molecular formula is C18H19N5O. The Balaban J connectivity index is 1.57. The molecule has 0 N–H and O–H groups in total. The number of piperidine rings is 1. The van der Waals surface area contributed by atoms with Crippen molar-refractivity contribution in [2.75, 3.05) is 13.1 Å². The molecule has 2 aromatic heterocycles. The summed E-state index contributed by atoms with van der Waals surface area (Å²) in [7, 11) is 0. The van der Waals surface area contributed by atoms with Gasteiger partial charge in [0.2, 0.25) is 0 Å². The molecule has 0 bridgehead atoms. The number of benzene rings is 1. The minimum Gasteiger partial charge on any atom is -0.339 e. The second-order valence-corrected chi connectivity index (χ2v) is 6.37. The van der Waals surface area contributed by atoms with E-state index in [0.717, 1.165) is 42.9 Å². The normalized spacial score (nSPS) is 15.8. The van der Waals surface area contributed by atoms with Crippen LogP contribution in [0, 0.1) is 5.92 Å². The molecule has 1 amide bonds. The van der Waals surface area contributed by atoms with Crippen molar-refractivity contribution in [2.24, 2.45) is 5.92 Å². The standard InChI is InChI=1S/C18H19N5O/c1-13-7-11-22(12-8-13)17(24)15-5-3-14(4-6-15)16-20-21-18-19-9-2-10-23(16)18/h2-6,9-10,13H,7-8,11-12H2,1H3. The van der Waals surface area contributed by atoms with Crippen molar-refractivity contribution in [3.8, 4) is 11.4 Å². The molecule has 0 atom stereocenters. The maximum absolute atomic E-state index is 12.6. The van der Waals surface area contributed by atoms with E-state index in [0.29, 0.717) is 11.7 Å². The zero-order chi connectivity index (χ0) is 16.5. The number of rotatable bonds is 2. The summed E-state index contributed by atoms with van der Waals surface area (Å²) in [6, 6.07) is 9.42. The highest BCUT2D eigenvalue weighted by Crippen LogP contribution is 2.21. The highest BCUT2D eigenvalue weighted by Gasteiger charge is 2.21. The third-order valence-corrected chi connectivity index (χ3v) is 4.65. The van der Waals surface area contributed by atoms with Gasteiger partial charge in [-0.2, -0.15) is 0 Å². The minimum absolute atomic E-state index is 0.112. The summed E-state index contributed by atoms with van der Waals surface area (Å²) in [6.07, 6.45) is 5.74. The Morgan fingerprint density at radius 2 is 1.88 bits per heavy atom. The van der Waals surface area contributed by atoms with Gasteiger partial charge in [0, 0.05) is 36.6 Å². The van der Waals surface area contributed by atoms with Crippen LogP contribution < -0.4 is 0 Å². The predicted octanol–water partition coefficient (Wildman–Crippen LogP) is 2.66. The first kappa shape index (κ1) is 14.8. The van der Waals surface area contributed by atoms with E-state index in [2.05, 4.69) is 22.1 Å². The van der Waals surface area contributed by atoms with Crippen molar-refractivity contribution in [1.82, 2.24) is 24.5 Å². The molecule has 3 heterocycles. The van der Waals surface area contributed by atoms with Crippen molar-refractivity contribution in [3.63, 3.8) is 0 Å². The Morgan fingerprint density at radius 1 is 1.12 bits per heavy atom. The zero-order valence-electron chi connectivity index (χ0n) is 13.6.